The van der Waals surface area contributed by atoms with Crippen LogP contribution in [0.25, 0.3) is 0 Å². The summed E-state index contributed by atoms with van der Waals surface area (Å²) in [6.45, 7) is 29.1. The van der Waals surface area contributed by atoms with Crippen LogP contribution in [0, 0.1) is 0 Å². The third-order valence-electron chi connectivity index (χ3n) is 11.4. The molecule has 0 saturated carbocycles. The molecule has 58 heavy (non-hydrogen) atoms. The maximum Gasteiger partial charge on any atom is 0.219 e. The van der Waals surface area contributed by atoms with Gasteiger partial charge in [-0.3, -0.25) is 9.69 Å². The van der Waals surface area contributed by atoms with E-state index >= 15 is 0 Å². The van der Waals surface area contributed by atoms with Gasteiger partial charge in [-0.25, -0.2) is 0 Å². The second kappa shape index (κ2) is 36.2. The average Bonchev–Trinajstić information content (AvgIpc) is 3.92. The van der Waals surface area contributed by atoms with Crippen LogP contribution < -0.4 is 5.32 Å². The van der Waals surface area contributed by atoms with Crippen molar-refractivity contribution in [2.75, 3.05) is 221 Å². The summed E-state index contributed by atoms with van der Waals surface area (Å²) in [6, 6.07) is 0. The fourth-order valence-electron chi connectivity index (χ4n) is 6.73. The van der Waals surface area contributed by atoms with Crippen LogP contribution in [0.5, 0.6) is 0 Å². The summed E-state index contributed by atoms with van der Waals surface area (Å²) in [5, 5.41) is 3.27. The number of amides is 1. The largest absolute Gasteiger partial charge is 0.379 e. The van der Waals surface area contributed by atoms with E-state index in [1.54, 1.807) is 6.92 Å². The first-order valence-corrected chi connectivity index (χ1v) is 22.9. The minimum absolute atomic E-state index is 0.202. The number of likely N-dealkylation sites (N-methyl/N-ethyl adjacent to an activating group) is 7. The Hall–Kier alpha value is -1.49. The Balaban J connectivity index is 0.000000333. The molecule has 6 saturated heterocycles. The molecular weight excluding hydrogens is 727 g/mol. The van der Waals surface area contributed by atoms with Gasteiger partial charge in [0.05, 0.1) is 13.2 Å². The van der Waals surface area contributed by atoms with Crippen LogP contribution in [0.2, 0.25) is 0 Å². The van der Waals surface area contributed by atoms with Crippen molar-refractivity contribution >= 4 is 5.91 Å². The molecule has 0 aliphatic carbocycles. The molecule has 8 aliphatic rings. The fraction of sp³-hybridized carbons (Fsp3) is 0.889. The Morgan fingerprint density at radius 3 is 1.00 bits per heavy atom. The molecule has 0 aromatic carbocycles. The molecule has 0 bridgehead atoms. The van der Waals surface area contributed by atoms with Crippen molar-refractivity contribution in [3.8, 4) is 0 Å². The summed E-state index contributed by atoms with van der Waals surface area (Å²) in [6.07, 6.45) is 17.1. The van der Waals surface area contributed by atoms with Crippen molar-refractivity contribution in [1.82, 2.24) is 54.3 Å². The molecule has 1 amide bonds. The number of hydrogen-bond donors (Lipinski definition) is 1. The molecule has 0 aromatic heterocycles. The zero-order chi connectivity index (χ0) is 42.8. The molecule has 13 heteroatoms. The maximum absolute atomic E-state index is 10.8. The Bertz CT molecular complexity index is 925. The van der Waals surface area contributed by atoms with Gasteiger partial charge < -0.3 is 54.2 Å². The predicted molar refractivity (Wildman–Crippen MR) is 249 cm³/mol. The summed E-state index contributed by atoms with van der Waals surface area (Å²) >= 11 is 0. The Morgan fingerprint density at radius 1 is 0.397 bits per heavy atom. The van der Waals surface area contributed by atoms with Gasteiger partial charge in [0.15, 0.2) is 0 Å². The minimum Gasteiger partial charge on any atom is -0.379 e. The van der Waals surface area contributed by atoms with Gasteiger partial charge in [0.2, 0.25) is 5.91 Å². The van der Waals surface area contributed by atoms with E-state index in [1.807, 2.05) is 4.90 Å². The highest BCUT2D eigenvalue weighted by Crippen LogP contribution is 2.05. The Kier molecular flexibility index (Phi) is 34.0. The highest BCUT2D eigenvalue weighted by Gasteiger charge is 2.15. The third-order valence-corrected chi connectivity index (χ3v) is 11.4. The SMILES string of the molecule is CC(=O)N1CCN(C)CC1.CN1CC=CC1.CN1CC=CCC1.CN1CCCC1.CN1CCCCC1.CN1CCN(C)CC1.CN1CCNCC1.CN1CCOCC1. The molecule has 8 rings (SSSR count). The number of likely N-dealkylation sites (tertiary alicyclic amines) is 2. The van der Waals surface area contributed by atoms with Crippen molar-refractivity contribution in [1.29, 1.82) is 0 Å². The molecule has 6 fully saturated rings. The number of rotatable bonds is 0. The highest BCUT2D eigenvalue weighted by atomic mass is 16.5. The van der Waals surface area contributed by atoms with Gasteiger partial charge in [-0.1, -0.05) is 30.7 Å². The number of piperidine rings is 1. The van der Waals surface area contributed by atoms with Crippen molar-refractivity contribution in [3.63, 3.8) is 0 Å². The average molecular weight is 822 g/mol. The molecule has 0 radical (unpaired) electrons. The summed E-state index contributed by atoms with van der Waals surface area (Å²) in [4.78, 5) is 33.6. The molecule has 8 aliphatic heterocycles. The van der Waals surface area contributed by atoms with E-state index in [1.165, 1.54) is 111 Å². The molecule has 0 aromatic rings. The van der Waals surface area contributed by atoms with Gasteiger partial charge in [-0.2, -0.15) is 0 Å². The zero-order valence-electron chi connectivity index (χ0n) is 39.8. The van der Waals surface area contributed by atoms with Crippen LogP contribution in [0.4, 0.5) is 0 Å². The molecular formula is C45H95N11O2. The molecule has 0 spiro atoms. The standard InChI is InChI=1S/C7H14N2O.C6H14N2.C6H13N.C6H11N.C5H12N2.C5H11NO.C5H11N.C5H9N/c1-7(10)9-5-3-8(2)4-6-9;1-7-3-5-8(2)6-4-7;2*1-7-5-3-2-4-6-7;1-7-4-2-6-3-5-7;1-6-2-4-7-5-3-6;2*1-6-4-2-3-5-6/h3-6H2,1-2H3;3-6H2,1-2H3;2-6H2,1H3;2-3H,4-6H2,1H3;6H,2-5H2,1H3;2-5H2,1H3;2-5H2,1H3;2-3H,4-5H2,1H3. The number of nitrogens with one attached hydrogen (secondary N) is 1. The van der Waals surface area contributed by atoms with E-state index in [0.717, 1.165) is 85.2 Å². The number of hydrogen-bond acceptors (Lipinski definition) is 12. The van der Waals surface area contributed by atoms with E-state index in [0.29, 0.717) is 0 Å². The number of ether oxygens (including phenoxy) is 1. The van der Waals surface area contributed by atoms with Gasteiger partial charge >= 0.3 is 0 Å². The lowest BCUT2D eigenvalue weighted by atomic mass is 10.1. The second-order valence-corrected chi connectivity index (χ2v) is 17.5. The lowest BCUT2D eigenvalue weighted by Crippen LogP contribution is -2.46. The smallest absolute Gasteiger partial charge is 0.219 e. The van der Waals surface area contributed by atoms with Gasteiger partial charge in [0.25, 0.3) is 0 Å². The van der Waals surface area contributed by atoms with Crippen molar-refractivity contribution in [2.24, 2.45) is 0 Å². The van der Waals surface area contributed by atoms with Gasteiger partial charge in [0.1, 0.15) is 0 Å². The Labute approximate surface area is 359 Å². The number of carbonyl (C=O) groups excluding carboxylic acids is 1. The monoisotopic (exact) mass is 822 g/mol. The number of carbonyl (C=O) groups is 1. The van der Waals surface area contributed by atoms with E-state index < -0.39 is 0 Å². The molecule has 342 valence electrons. The van der Waals surface area contributed by atoms with E-state index in [9.17, 15) is 4.79 Å². The molecule has 13 nitrogen and oxygen atoms in total. The van der Waals surface area contributed by atoms with Crippen molar-refractivity contribution < 1.29 is 9.53 Å². The zero-order valence-corrected chi connectivity index (χ0v) is 39.8. The van der Waals surface area contributed by atoms with Crippen LogP contribution in [0.15, 0.2) is 24.3 Å². The normalized spacial score (nSPS) is 24.2. The highest BCUT2D eigenvalue weighted by molar-refractivity contribution is 5.73. The third kappa shape index (κ3) is 33.3. The molecule has 0 atom stereocenters. The van der Waals surface area contributed by atoms with E-state index in [-0.39, 0.29) is 5.91 Å². The van der Waals surface area contributed by atoms with Crippen LogP contribution in [-0.2, 0) is 9.53 Å². The topological polar surface area (TPSA) is 70.7 Å². The van der Waals surface area contributed by atoms with Gasteiger partial charge in [-0.15, -0.1) is 0 Å². The number of piperazine rings is 3. The number of nitrogens with zero attached hydrogens (tertiary/aromatic N) is 10. The summed E-state index contributed by atoms with van der Waals surface area (Å²) < 4.78 is 5.10. The van der Waals surface area contributed by atoms with Crippen LogP contribution in [0.1, 0.15) is 45.4 Å². The fourth-order valence-corrected chi connectivity index (χ4v) is 6.73. The predicted octanol–water partition coefficient (Wildman–Crippen LogP) is 2.29. The van der Waals surface area contributed by atoms with Crippen LogP contribution in [0.3, 0.4) is 0 Å². The summed E-state index contributed by atoms with van der Waals surface area (Å²) in [7, 11) is 19.3. The molecule has 0 unspecified atom stereocenters. The maximum atomic E-state index is 10.8. The second-order valence-electron chi connectivity index (χ2n) is 17.5. The first kappa shape index (κ1) is 54.5. The first-order valence-electron chi connectivity index (χ1n) is 22.9. The lowest BCUT2D eigenvalue weighted by Gasteiger charge is -2.31. The summed E-state index contributed by atoms with van der Waals surface area (Å²) in [5.41, 5.74) is 0. The lowest BCUT2D eigenvalue weighted by molar-refractivity contribution is -0.130. The number of morpholine rings is 1. The van der Waals surface area contributed by atoms with Crippen LogP contribution in [-0.4, -0.2) is 276 Å². The van der Waals surface area contributed by atoms with E-state index in [2.05, 4.69) is 137 Å². The Morgan fingerprint density at radius 2 is 0.759 bits per heavy atom. The van der Waals surface area contributed by atoms with Crippen molar-refractivity contribution in [3.05, 3.63) is 24.3 Å². The van der Waals surface area contributed by atoms with E-state index in [4.69, 9.17) is 4.74 Å². The van der Waals surface area contributed by atoms with Gasteiger partial charge in [0, 0.05) is 125 Å². The van der Waals surface area contributed by atoms with Gasteiger partial charge in [-0.05, 0) is 122 Å². The van der Waals surface area contributed by atoms with Crippen LogP contribution >= 0.6 is 0 Å². The molecule has 8 heterocycles. The summed E-state index contributed by atoms with van der Waals surface area (Å²) in [5.74, 6) is 0.202. The minimum atomic E-state index is 0.202. The first-order chi connectivity index (χ1) is 27.8. The van der Waals surface area contributed by atoms with Crippen molar-refractivity contribution in [2.45, 2.75) is 45.4 Å². The molecule has 1 N–H and O–H groups in total. The quantitative estimate of drug-likeness (QED) is 0.365.